The van der Waals surface area contributed by atoms with Crippen molar-refractivity contribution < 1.29 is 19.0 Å². The number of carbonyl (C=O) groups is 1. The zero-order valence-electron chi connectivity index (χ0n) is 14.3. The standard InChI is InChI=1S/C18H26FNO3/c1-17(2,3)23-16(21)20-11-9-14(10-12-20)18(4,22)13-5-7-15(19)8-6-13/h5-8,14,22H,9-12H2,1-4H3. The van der Waals surface area contributed by atoms with E-state index < -0.39 is 11.2 Å². The molecule has 4 nitrogen and oxygen atoms in total. The summed E-state index contributed by atoms with van der Waals surface area (Å²) in [6.45, 7) is 8.40. The second-order valence-corrected chi connectivity index (χ2v) is 7.40. The SMILES string of the molecule is CC(C)(C)OC(=O)N1CCC(C(C)(O)c2ccc(F)cc2)CC1. The maximum Gasteiger partial charge on any atom is 0.410 e. The largest absolute Gasteiger partial charge is 0.444 e. The van der Waals surface area contributed by atoms with Crippen molar-refractivity contribution in [3.63, 3.8) is 0 Å². The van der Waals surface area contributed by atoms with Crippen LogP contribution in [0.1, 0.15) is 46.1 Å². The second-order valence-electron chi connectivity index (χ2n) is 7.40. The van der Waals surface area contributed by atoms with Crippen LogP contribution in [0.25, 0.3) is 0 Å². The van der Waals surface area contributed by atoms with Crippen LogP contribution in [0.3, 0.4) is 0 Å². The molecule has 1 amide bonds. The smallest absolute Gasteiger partial charge is 0.410 e. The van der Waals surface area contributed by atoms with Gasteiger partial charge in [0.25, 0.3) is 0 Å². The highest BCUT2D eigenvalue weighted by atomic mass is 19.1. The van der Waals surface area contributed by atoms with Gasteiger partial charge in [-0.3, -0.25) is 0 Å². The lowest BCUT2D eigenvalue weighted by Crippen LogP contribution is -2.45. The summed E-state index contributed by atoms with van der Waals surface area (Å²) in [6, 6.07) is 5.96. The highest BCUT2D eigenvalue weighted by Crippen LogP contribution is 2.36. The molecule has 1 fully saturated rings. The molecular weight excluding hydrogens is 297 g/mol. The first-order valence-corrected chi connectivity index (χ1v) is 8.06. The second kappa shape index (κ2) is 6.48. The van der Waals surface area contributed by atoms with Crippen LogP contribution in [0.5, 0.6) is 0 Å². The Kier molecular flexibility index (Phi) is 4.99. The Morgan fingerprint density at radius 3 is 2.17 bits per heavy atom. The summed E-state index contributed by atoms with van der Waals surface area (Å²) < 4.78 is 18.4. The number of piperidine rings is 1. The first kappa shape index (κ1) is 17.7. The lowest BCUT2D eigenvalue weighted by molar-refractivity contribution is -0.0384. The molecule has 1 heterocycles. The predicted octanol–water partition coefficient (Wildman–Crippen LogP) is 3.68. The van der Waals surface area contributed by atoms with Gasteiger partial charge in [-0.2, -0.15) is 0 Å². The van der Waals surface area contributed by atoms with Gasteiger partial charge in [-0.05, 0) is 64.2 Å². The molecule has 0 bridgehead atoms. The third-order valence-electron chi connectivity index (χ3n) is 4.37. The summed E-state index contributed by atoms with van der Waals surface area (Å²) in [5.41, 5.74) is -0.837. The van der Waals surface area contributed by atoms with Gasteiger partial charge in [0.15, 0.2) is 0 Å². The van der Waals surface area contributed by atoms with E-state index in [1.54, 1.807) is 24.0 Å². The van der Waals surface area contributed by atoms with Crippen LogP contribution in [-0.2, 0) is 10.3 Å². The van der Waals surface area contributed by atoms with Crippen molar-refractivity contribution in [2.75, 3.05) is 13.1 Å². The molecular formula is C18H26FNO3. The number of hydrogen-bond acceptors (Lipinski definition) is 3. The van der Waals surface area contributed by atoms with E-state index in [0.29, 0.717) is 31.5 Å². The van der Waals surface area contributed by atoms with Crippen molar-refractivity contribution in [2.24, 2.45) is 5.92 Å². The average molecular weight is 323 g/mol. The summed E-state index contributed by atoms with van der Waals surface area (Å²) in [6.07, 6.45) is 1.06. The topological polar surface area (TPSA) is 49.8 Å². The van der Waals surface area contributed by atoms with E-state index in [1.165, 1.54) is 12.1 Å². The highest BCUT2D eigenvalue weighted by molar-refractivity contribution is 5.68. The van der Waals surface area contributed by atoms with E-state index in [-0.39, 0.29) is 17.8 Å². The van der Waals surface area contributed by atoms with Gasteiger partial charge in [0.05, 0.1) is 5.60 Å². The fraction of sp³-hybridized carbons (Fsp3) is 0.611. The third-order valence-corrected chi connectivity index (χ3v) is 4.37. The van der Waals surface area contributed by atoms with Crippen LogP contribution in [0, 0.1) is 11.7 Å². The van der Waals surface area contributed by atoms with Gasteiger partial charge in [0.2, 0.25) is 0 Å². The lowest BCUT2D eigenvalue weighted by atomic mass is 9.77. The van der Waals surface area contributed by atoms with Gasteiger partial charge < -0.3 is 14.7 Å². The van der Waals surface area contributed by atoms with Gasteiger partial charge >= 0.3 is 6.09 Å². The number of rotatable bonds is 2. The Morgan fingerprint density at radius 2 is 1.70 bits per heavy atom. The number of halogens is 1. The van der Waals surface area contributed by atoms with Crippen LogP contribution in [0.2, 0.25) is 0 Å². The zero-order valence-corrected chi connectivity index (χ0v) is 14.3. The Labute approximate surface area is 137 Å². The number of hydrogen-bond donors (Lipinski definition) is 1. The van der Waals surface area contributed by atoms with Crippen LogP contribution in [-0.4, -0.2) is 34.8 Å². The minimum absolute atomic E-state index is 0.0200. The van der Waals surface area contributed by atoms with E-state index in [1.807, 2.05) is 20.8 Å². The molecule has 5 heteroatoms. The van der Waals surface area contributed by atoms with Crippen molar-refractivity contribution in [2.45, 2.75) is 51.7 Å². The van der Waals surface area contributed by atoms with E-state index in [0.717, 1.165) is 0 Å². The monoisotopic (exact) mass is 323 g/mol. The summed E-state index contributed by atoms with van der Waals surface area (Å²) in [5, 5.41) is 10.9. The Morgan fingerprint density at radius 1 is 1.17 bits per heavy atom. The molecule has 0 aromatic heterocycles. The van der Waals surface area contributed by atoms with Gasteiger partial charge in [0.1, 0.15) is 11.4 Å². The first-order chi connectivity index (χ1) is 10.6. The van der Waals surface area contributed by atoms with E-state index in [9.17, 15) is 14.3 Å². The molecule has 1 unspecified atom stereocenters. The molecule has 1 aliphatic heterocycles. The van der Waals surface area contributed by atoms with Gasteiger partial charge in [-0.15, -0.1) is 0 Å². The molecule has 23 heavy (non-hydrogen) atoms. The molecule has 1 atom stereocenters. The molecule has 1 aliphatic rings. The van der Waals surface area contributed by atoms with E-state index >= 15 is 0 Å². The Hall–Kier alpha value is -1.62. The van der Waals surface area contributed by atoms with Crippen LogP contribution < -0.4 is 0 Å². The summed E-state index contributed by atoms with van der Waals surface area (Å²) >= 11 is 0. The van der Waals surface area contributed by atoms with Crippen LogP contribution >= 0.6 is 0 Å². The molecule has 0 spiro atoms. The van der Waals surface area contributed by atoms with E-state index in [2.05, 4.69) is 0 Å². The van der Waals surface area contributed by atoms with Crippen molar-refractivity contribution in [1.82, 2.24) is 4.90 Å². The van der Waals surface area contributed by atoms with Crippen molar-refractivity contribution in [3.8, 4) is 0 Å². The number of aliphatic hydroxyl groups is 1. The third kappa shape index (κ3) is 4.44. The number of ether oxygens (including phenoxy) is 1. The zero-order chi connectivity index (χ0) is 17.3. The van der Waals surface area contributed by atoms with Crippen molar-refractivity contribution in [1.29, 1.82) is 0 Å². The number of likely N-dealkylation sites (tertiary alicyclic amines) is 1. The molecule has 0 saturated carbocycles. The number of carbonyl (C=O) groups excluding carboxylic acids is 1. The maximum atomic E-state index is 13.1. The normalized spacial score (nSPS) is 19.3. The van der Waals surface area contributed by atoms with Crippen molar-refractivity contribution in [3.05, 3.63) is 35.6 Å². The fourth-order valence-electron chi connectivity index (χ4n) is 2.97. The number of nitrogens with zero attached hydrogens (tertiary/aromatic N) is 1. The van der Waals surface area contributed by atoms with E-state index in [4.69, 9.17) is 4.74 Å². The number of amides is 1. The molecule has 0 radical (unpaired) electrons. The highest BCUT2D eigenvalue weighted by Gasteiger charge is 2.37. The summed E-state index contributed by atoms with van der Waals surface area (Å²) in [4.78, 5) is 13.8. The molecule has 1 aromatic rings. The van der Waals surface area contributed by atoms with Gasteiger partial charge in [-0.1, -0.05) is 12.1 Å². The predicted molar refractivity (Wildman–Crippen MR) is 86.5 cm³/mol. The van der Waals surface area contributed by atoms with Crippen LogP contribution in [0.4, 0.5) is 9.18 Å². The molecule has 1 saturated heterocycles. The molecule has 128 valence electrons. The maximum absolute atomic E-state index is 13.1. The van der Waals surface area contributed by atoms with Gasteiger partial charge in [0, 0.05) is 13.1 Å². The minimum Gasteiger partial charge on any atom is -0.444 e. The molecule has 1 N–H and O–H groups in total. The van der Waals surface area contributed by atoms with Gasteiger partial charge in [-0.25, -0.2) is 9.18 Å². The minimum atomic E-state index is -1.03. The Bertz CT molecular complexity index is 540. The summed E-state index contributed by atoms with van der Waals surface area (Å²) in [7, 11) is 0. The summed E-state index contributed by atoms with van der Waals surface area (Å²) in [5.74, 6) is -0.295. The molecule has 0 aliphatic carbocycles. The quantitative estimate of drug-likeness (QED) is 0.903. The molecule has 2 rings (SSSR count). The molecule has 1 aromatic carbocycles. The first-order valence-electron chi connectivity index (χ1n) is 8.06. The Balaban J connectivity index is 1.98. The average Bonchev–Trinajstić information content (AvgIpc) is 2.46. The lowest BCUT2D eigenvalue weighted by Gasteiger charge is -2.40. The fourth-order valence-corrected chi connectivity index (χ4v) is 2.97. The number of benzene rings is 1. The van der Waals surface area contributed by atoms with Crippen LogP contribution in [0.15, 0.2) is 24.3 Å². The van der Waals surface area contributed by atoms with Crippen molar-refractivity contribution >= 4 is 6.09 Å².